The molecular weight excluding hydrogens is 190 g/mol. The second-order valence-electron chi connectivity index (χ2n) is 4.69. The molecule has 0 unspecified atom stereocenters. The molecule has 0 atom stereocenters. The van der Waals surface area contributed by atoms with Crippen LogP contribution in [-0.2, 0) is 0 Å². The molecule has 0 aromatic rings. The number of hydrogen-bond acceptors (Lipinski definition) is 2. The van der Waals surface area contributed by atoms with Crippen LogP contribution in [-0.4, -0.2) is 24.1 Å². The summed E-state index contributed by atoms with van der Waals surface area (Å²) in [5.74, 6) is 3.82. The minimum Gasteiger partial charge on any atom is -0.315 e. The highest BCUT2D eigenvalue weighted by atomic mass is 32.2. The fourth-order valence-corrected chi connectivity index (χ4v) is 3.17. The highest BCUT2D eigenvalue weighted by molar-refractivity contribution is 7.99. The maximum atomic E-state index is 3.46. The van der Waals surface area contributed by atoms with Crippen molar-refractivity contribution in [3.8, 4) is 0 Å². The van der Waals surface area contributed by atoms with E-state index in [0.717, 1.165) is 5.92 Å². The van der Waals surface area contributed by atoms with Gasteiger partial charge in [0.15, 0.2) is 0 Å². The van der Waals surface area contributed by atoms with E-state index in [2.05, 4.69) is 30.9 Å². The Hall–Kier alpha value is 0.310. The van der Waals surface area contributed by atoms with Crippen LogP contribution in [0.5, 0.6) is 0 Å². The maximum absolute atomic E-state index is 3.46. The zero-order chi connectivity index (χ0) is 10.2. The minimum atomic E-state index is 0.648. The summed E-state index contributed by atoms with van der Waals surface area (Å²) in [6, 6.07) is 0.648. The normalized spacial score (nSPS) is 18.2. The van der Waals surface area contributed by atoms with E-state index in [-0.39, 0.29) is 0 Å². The van der Waals surface area contributed by atoms with Crippen LogP contribution < -0.4 is 5.32 Å². The second-order valence-corrected chi connectivity index (χ2v) is 5.84. The third kappa shape index (κ3) is 5.92. The van der Waals surface area contributed by atoms with Crippen LogP contribution in [0.15, 0.2) is 0 Å². The summed E-state index contributed by atoms with van der Waals surface area (Å²) in [7, 11) is 0. The fourth-order valence-electron chi connectivity index (χ4n) is 1.99. The molecule has 14 heavy (non-hydrogen) atoms. The van der Waals surface area contributed by atoms with Crippen molar-refractivity contribution in [3.63, 3.8) is 0 Å². The molecule has 84 valence electrons. The van der Waals surface area contributed by atoms with E-state index >= 15 is 0 Å². The van der Waals surface area contributed by atoms with E-state index in [1.165, 1.54) is 50.2 Å². The molecule has 0 heterocycles. The maximum Gasteiger partial charge on any atom is 0.00103 e. The molecule has 0 bridgehead atoms. The molecule has 1 nitrogen and oxygen atoms in total. The predicted octanol–water partition coefficient (Wildman–Crippen LogP) is 3.30. The zero-order valence-electron chi connectivity index (χ0n) is 9.72. The Morgan fingerprint density at radius 1 is 1.29 bits per heavy atom. The molecule has 1 N–H and O–H groups in total. The summed E-state index contributed by atoms with van der Waals surface area (Å²) in [5, 5.41) is 3.46. The third-order valence-corrected chi connectivity index (χ3v) is 4.13. The zero-order valence-corrected chi connectivity index (χ0v) is 10.5. The van der Waals surface area contributed by atoms with Crippen molar-refractivity contribution in [2.45, 2.75) is 52.0 Å². The smallest absolute Gasteiger partial charge is 0.00103 e. The molecule has 0 amide bonds. The lowest BCUT2D eigenvalue weighted by atomic mass is 10.1. The van der Waals surface area contributed by atoms with Gasteiger partial charge in [0.2, 0.25) is 0 Å². The van der Waals surface area contributed by atoms with E-state index in [1.54, 1.807) is 0 Å². The van der Waals surface area contributed by atoms with Crippen molar-refractivity contribution in [2.75, 3.05) is 18.1 Å². The van der Waals surface area contributed by atoms with E-state index in [4.69, 9.17) is 0 Å². The van der Waals surface area contributed by atoms with E-state index in [0.29, 0.717) is 6.04 Å². The number of hydrogen-bond donors (Lipinski definition) is 1. The molecule has 1 fully saturated rings. The number of thioether (sulfide) groups is 1. The van der Waals surface area contributed by atoms with Crippen LogP contribution in [0.25, 0.3) is 0 Å². The quantitative estimate of drug-likeness (QED) is 0.654. The summed E-state index contributed by atoms with van der Waals surface area (Å²) < 4.78 is 0. The molecule has 0 saturated heterocycles. The van der Waals surface area contributed by atoms with Gasteiger partial charge >= 0.3 is 0 Å². The van der Waals surface area contributed by atoms with Gasteiger partial charge in [-0.2, -0.15) is 11.8 Å². The lowest BCUT2D eigenvalue weighted by Crippen LogP contribution is -2.24. The lowest BCUT2D eigenvalue weighted by Gasteiger charge is -2.09. The fraction of sp³-hybridized carbons (Fsp3) is 1.00. The first-order valence-corrected chi connectivity index (χ1v) is 7.25. The Balaban J connectivity index is 1.79. The standard InChI is InChI=1S/C12H25NS/c1-11(2)13-8-5-9-14-10-12-6-3-4-7-12/h11-13H,3-10H2,1-2H3. The van der Waals surface area contributed by atoms with Gasteiger partial charge in [0, 0.05) is 6.04 Å². The van der Waals surface area contributed by atoms with Gasteiger partial charge < -0.3 is 5.32 Å². The molecule has 1 rings (SSSR count). The van der Waals surface area contributed by atoms with Crippen LogP contribution in [0.2, 0.25) is 0 Å². The Kier molecular flexibility index (Phi) is 6.70. The highest BCUT2D eigenvalue weighted by Crippen LogP contribution is 2.27. The molecule has 1 saturated carbocycles. The Labute approximate surface area is 93.4 Å². The van der Waals surface area contributed by atoms with Crippen LogP contribution in [0.3, 0.4) is 0 Å². The van der Waals surface area contributed by atoms with E-state index < -0.39 is 0 Å². The molecular formula is C12H25NS. The minimum absolute atomic E-state index is 0.648. The van der Waals surface area contributed by atoms with Crippen molar-refractivity contribution in [1.29, 1.82) is 0 Å². The highest BCUT2D eigenvalue weighted by Gasteiger charge is 2.13. The molecule has 2 heteroatoms. The van der Waals surface area contributed by atoms with Gasteiger partial charge in [-0.25, -0.2) is 0 Å². The summed E-state index contributed by atoms with van der Waals surface area (Å²) in [4.78, 5) is 0. The van der Waals surface area contributed by atoms with Gasteiger partial charge in [-0.15, -0.1) is 0 Å². The average molecular weight is 215 g/mol. The summed E-state index contributed by atoms with van der Waals surface area (Å²) in [6.45, 7) is 5.62. The Morgan fingerprint density at radius 3 is 2.64 bits per heavy atom. The van der Waals surface area contributed by atoms with E-state index in [9.17, 15) is 0 Å². The Morgan fingerprint density at radius 2 is 2.00 bits per heavy atom. The molecule has 0 aromatic carbocycles. The van der Waals surface area contributed by atoms with E-state index in [1.807, 2.05) is 0 Å². The van der Waals surface area contributed by atoms with Crippen molar-refractivity contribution < 1.29 is 0 Å². The molecule has 1 aliphatic carbocycles. The predicted molar refractivity (Wildman–Crippen MR) is 67.0 cm³/mol. The lowest BCUT2D eigenvalue weighted by molar-refractivity contribution is 0.585. The summed E-state index contributed by atoms with van der Waals surface area (Å²) in [6.07, 6.45) is 7.30. The molecule has 0 radical (unpaired) electrons. The van der Waals surface area contributed by atoms with Gasteiger partial charge in [-0.05, 0) is 43.2 Å². The van der Waals surface area contributed by atoms with Gasteiger partial charge in [-0.1, -0.05) is 26.7 Å². The van der Waals surface area contributed by atoms with Gasteiger partial charge in [0.25, 0.3) is 0 Å². The largest absolute Gasteiger partial charge is 0.315 e. The van der Waals surface area contributed by atoms with Crippen molar-refractivity contribution in [1.82, 2.24) is 5.32 Å². The van der Waals surface area contributed by atoms with Crippen LogP contribution >= 0.6 is 11.8 Å². The number of rotatable bonds is 7. The summed E-state index contributed by atoms with van der Waals surface area (Å²) in [5.41, 5.74) is 0. The van der Waals surface area contributed by atoms with Crippen LogP contribution in [0.1, 0.15) is 46.0 Å². The van der Waals surface area contributed by atoms with Crippen molar-refractivity contribution in [3.05, 3.63) is 0 Å². The molecule has 0 aliphatic heterocycles. The summed E-state index contributed by atoms with van der Waals surface area (Å²) >= 11 is 2.16. The van der Waals surface area contributed by atoms with Crippen LogP contribution in [0, 0.1) is 5.92 Å². The first-order chi connectivity index (χ1) is 6.79. The Bertz CT molecular complexity index is 130. The SMILES string of the molecule is CC(C)NCCCSCC1CCCC1. The monoisotopic (exact) mass is 215 g/mol. The average Bonchev–Trinajstić information content (AvgIpc) is 2.63. The number of nitrogens with one attached hydrogen (secondary N) is 1. The molecule has 1 aliphatic rings. The van der Waals surface area contributed by atoms with Crippen molar-refractivity contribution >= 4 is 11.8 Å². The topological polar surface area (TPSA) is 12.0 Å². The van der Waals surface area contributed by atoms with Gasteiger partial charge in [0.05, 0.1) is 0 Å². The van der Waals surface area contributed by atoms with Gasteiger partial charge in [-0.3, -0.25) is 0 Å². The first kappa shape index (κ1) is 12.4. The second kappa shape index (κ2) is 7.58. The van der Waals surface area contributed by atoms with Gasteiger partial charge in [0.1, 0.15) is 0 Å². The van der Waals surface area contributed by atoms with Crippen molar-refractivity contribution in [2.24, 2.45) is 5.92 Å². The molecule has 0 spiro atoms. The third-order valence-electron chi connectivity index (χ3n) is 2.85. The first-order valence-electron chi connectivity index (χ1n) is 6.10. The van der Waals surface area contributed by atoms with Crippen LogP contribution in [0.4, 0.5) is 0 Å². The molecule has 0 aromatic heterocycles.